The summed E-state index contributed by atoms with van der Waals surface area (Å²) in [6, 6.07) is 22.3. The van der Waals surface area contributed by atoms with Gasteiger partial charge in [0.1, 0.15) is 5.75 Å². The molecule has 0 aliphatic rings. The second kappa shape index (κ2) is 11.7. The van der Waals surface area contributed by atoms with E-state index in [1.165, 1.54) is 10.6 Å². The Bertz CT molecular complexity index is 1190. The molecule has 0 unspecified atom stereocenters. The summed E-state index contributed by atoms with van der Waals surface area (Å²) >= 11 is 0. The molecule has 34 heavy (non-hydrogen) atoms. The number of nitrogens with zero attached hydrogens (tertiary/aromatic N) is 1. The van der Waals surface area contributed by atoms with Gasteiger partial charge in [-0.25, -0.2) is 8.42 Å². The standard InChI is InChI=1S/C27H32N2O4S/c1-4-33-26-10-6-5-8-23(26)9-7-19-28-27(30)24-15-17-25(18-16-24)29(34(3,31)32)20-22-13-11-21(2)12-14-22/h5-6,8,10-18H,4,7,9,19-20H2,1-3H3,(H,28,30). The quantitative estimate of drug-likeness (QED) is 0.403. The van der Waals surface area contributed by atoms with E-state index in [0.29, 0.717) is 24.4 Å². The summed E-state index contributed by atoms with van der Waals surface area (Å²) in [7, 11) is -3.49. The molecule has 0 radical (unpaired) electrons. The number of carbonyl (C=O) groups is 1. The van der Waals surface area contributed by atoms with Crippen LogP contribution in [0.25, 0.3) is 0 Å². The van der Waals surface area contributed by atoms with Gasteiger partial charge >= 0.3 is 0 Å². The first-order valence-electron chi connectivity index (χ1n) is 11.4. The Morgan fingerprint density at radius 3 is 2.29 bits per heavy atom. The molecule has 0 bridgehead atoms. The van der Waals surface area contributed by atoms with Crippen molar-refractivity contribution in [2.24, 2.45) is 0 Å². The molecule has 0 aliphatic heterocycles. The monoisotopic (exact) mass is 480 g/mol. The number of hydrogen-bond acceptors (Lipinski definition) is 4. The van der Waals surface area contributed by atoms with Crippen molar-refractivity contribution in [1.82, 2.24) is 5.32 Å². The van der Waals surface area contributed by atoms with Gasteiger partial charge in [0.05, 0.1) is 25.1 Å². The van der Waals surface area contributed by atoms with Crippen LogP contribution >= 0.6 is 0 Å². The molecule has 1 N–H and O–H groups in total. The van der Waals surface area contributed by atoms with Crippen LogP contribution in [0.3, 0.4) is 0 Å². The van der Waals surface area contributed by atoms with Gasteiger partial charge in [0.2, 0.25) is 10.0 Å². The van der Waals surface area contributed by atoms with Gasteiger partial charge in [-0.2, -0.15) is 0 Å². The number of sulfonamides is 1. The third kappa shape index (κ3) is 7.09. The maximum atomic E-state index is 12.6. The molecule has 7 heteroatoms. The number of hydrogen-bond donors (Lipinski definition) is 1. The van der Waals surface area contributed by atoms with E-state index in [1.807, 2.05) is 62.4 Å². The number of anilines is 1. The van der Waals surface area contributed by atoms with Crippen LogP contribution in [0, 0.1) is 6.92 Å². The summed E-state index contributed by atoms with van der Waals surface area (Å²) in [6.07, 6.45) is 2.77. The topological polar surface area (TPSA) is 75.7 Å². The molecule has 3 aromatic carbocycles. The van der Waals surface area contributed by atoms with E-state index < -0.39 is 10.0 Å². The van der Waals surface area contributed by atoms with Crippen LogP contribution < -0.4 is 14.4 Å². The summed E-state index contributed by atoms with van der Waals surface area (Å²) in [5.41, 5.74) is 4.14. The predicted molar refractivity (Wildman–Crippen MR) is 137 cm³/mol. The molecular formula is C27H32N2O4S. The van der Waals surface area contributed by atoms with Crippen LogP contribution in [0.2, 0.25) is 0 Å². The van der Waals surface area contributed by atoms with Crippen LogP contribution in [-0.2, 0) is 23.0 Å². The van der Waals surface area contributed by atoms with Gasteiger partial charge in [-0.3, -0.25) is 9.10 Å². The lowest BCUT2D eigenvalue weighted by atomic mass is 10.1. The molecule has 6 nitrogen and oxygen atoms in total. The summed E-state index contributed by atoms with van der Waals surface area (Å²) in [5.74, 6) is 0.696. The van der Waals surface area contributed by atoms with E-state index >= 15 is 0 Å². The fourth-order valence-corrected chi connectivity index (χ4v) is 4.52. The van der Waals surface area contributed by atoms with Crippen molar-refractivity contribution in [3.05, 3.63) is 95.1 Å². The van der Waals surface area contributed by atoms with Gasteiger partial charge in [0.25, 0.3) is 5.91 Å². The zero-order valence-electron chi connectivity index (χ0n) is 20.0. The number of carbonyl (C=O) groups excluding carboxylic acids is 1. The Labute approximate surface area is 202 Å². The van der Waals surface area contributed by atoms with Gasteiger partial charge in [-0.05, 0) is 68.1 Å². The minimum atomic E-state index is -3.49. The molecular weight excluding hydrogens is 448 g/mol. The molecule has 0 atom stereocenters. The maximum absolute atomic E-state index is 12.6. The van der Waals surface area contributed by atoms with Crippen molar-refractivity contribution in [3.8, 4) is 5.75 Å². The van der Waals surface area contributed by atoms with Crippen molar-refractivity contribution in [3.63, 3.8) is 0 Å². The highest BCUT2D eigenvalue weighted by molar-refractivity contribution is 7.92. The van der Waals surface area contributed by atoms with E-state index in [2.05, 4.69) is 5.32 Å². The lowest BCUT2D eigenvalue weighted by molar-refractivity contribution is 0.0953. The SMILES string of the molecule is CCOc1ccccc1CCCNC(=O)c1ccc(N(Cc2ccc(C)cc2)S(C)(=O)=O)cc1. The van der Waals surface area contributed by atoms with Crippen LogP contribution in [0.4, 0.5) is 5.69 Å². The third-order valence-corrected chi connectivity index (χ3v) is 6.59. The first-order chi connectivity index (χ1) is 16.3. The smallest absolute Gasteiger partial charge is 0.251 e. The Morgan fingerprint density at radius 1 is 0.971 bits per heavy atom. The molecule has 180 valence electrons. The van der Waals surface area contributed by atoms with E-state index in [0.717, 1.165) is 35.3 Å². The molecule has 0 fully saturated rings. The Balaban J connectivity index is 1.59. The summed E-state index contributed by atoms with van der Waals surface area (Å²) in [4.78, 5) is 12.6. The molecule has 0 spiro atoms. The second-order valence-electron chi connectivity index (χ2n) is 8.20. The van der Waals surface area contributed by atoms with Gasteiger partial charge in [0, 0.05) is 12.1 Å². The van der Waals surface area contributed by atoms with Crippen molar-refractivity contribution >= 4 is 21.6 Å². The fraction of sp³-hybridized carbons (Fsp3) is 0.296. The number of amides is 1. The second-order valence-corrected chi connectivity index (χ2v) is 10.1. The molecule has 0 aliphatic carbocycles. The van der Waals surface area contributed by atoms with Crippen molar-refractivity contribution < 1.29 is 17.9 Å². The van der Waals surface area contributed by atoms with Gasteiger partial charge in [0.15, 0.2) is 0 Å². The van der Waals surface area contributed by atoms with Crippen LogP contribution in [0.5, 0.6) is 5.75 Å². The molecule has 0 saturated carbocycles. The predicted octanol–water partition coefficient (Wildman–Crippen LogP) is 4.72. The number of nitrogens with one attached hydrogen (secondary N) is 1. The largest absolute Gasteiger partial charge is 0.494 e. The van der Waals surface area contributed by atoms with Gasteiger partial charge in [-0.15, -0.1) is 0 Å². The zero-order chi connectivity index (χ0) is 24.6. The summed E-state index contributed by atoms with van der Waals surface area (Å²) in [6.45, 7) is 5.32. The number of benzene rings is 3. The highest BCUT2D eigenvalue weighted by atomic mass is 32.2. The Morgan fingerprint density at radius 2 is 1.65 bits per heavy atom. The van der Waals surface area contributed by atoms with Crippen molar-refractivity contribution in [1.29, 1.82) is 0 Å². The van der Waals surface area contributed by atoms with E-state index in [1.54, 1.807) is 24.3 Å². The summed E-state index contributed by atoms with van der Waals surface area (Å²) in [5, 5.41) is 2.93. The van der Waals surface area contributed by atoms with Crippen LogP contribution in [-0.4, -0.2) is 33.7 Å². The minimum absolute atomic E-state index is 0.186. The average molecular weight is 481 g/mol. The number of ether oxygens (including phenoxy) is 1. The Kier molecular flexibility index (Phi) is 8.71. The first-order valence-corrected chi connectivity index (χ1v) is 13.2. The van der Waals surface area contributed by atoms with Crippen LogP contribution in [0.15, 0.2) is 72.8 Å². The van der Waals surface area contributed by atoms with Crippen LogP contribution in [0.1, 0.15) is 40.4 Å². The van der Waals surface area contributed by atoms with Crippen molar-refractivity contribution in [2.75, 3.05) is 23.7 Å². The highest BCUT2D eigenvalue weighted by Crippen LogP contribution is 2.22. The van der Waals surface area contributed by atoms with E-state index in [-0.39, 0.29) is 12.5 Å². The van der Waals surface area contributed by atoms with Gasteiger partial charge < -0.3 is 10.1 Å². The van der Waals surface area contributed by atoms with E-state index in [4.69, 9.17) is 4.74 Å². The molecule has 0 saturated heterocycles. The molecule has 1 amide bonds. The number of para-hydroxylation sites is 1. The first kappa shape index (κ1) is 25.3. The van der Waals surface area contributed by atoms with E-state index in [9.17, 15) is 13.2 Å². The third-order valence-electron chi connectivity index (χ3n) is 5.45. The molecule has 0 aromatic heterocycles. The number of aryl methyl sites for hydroxylation is 2. The summed E-state index contributed by atoms with van der Waals surface area (Å²) < 4.78 is 31.8. The average Bonchev–Trinajstić information content (AvgIpc) is 2.82. The van der Waals surface area contributed by atoms with Crippen molar-refractivity contribution in [2.45, 2.75) is 33.2 Å². The highest BCUT2D eigenvalue weighted by Gasteiger charge is 2.18. The lowest BCUT2D eigenvalue weighted by Crippen LogP contribution is -2.29. The van der Waals surface area contributed by atoms with Gasteiger partial charge in [-0.1, -0.05) is 48.0 Å². The zero-order valence-corrected chi connectivity index (χ0v) is 20.8. The molecule has 3 rings (SSSR count). The number of rotatable bonds is 11. The molecule has 3 aromatic rings. The Hall–Kier alpha value is -3.32. The lowest BCUT2D eigenvalue weighted by Gasteiger charge is -2.23. The molecule has 0 heterocycles. The normalized spacial score (nSPS) is 11.1. The minimum Gasteiger partial charge on any atom is -0.494 e. The maximum Gasteiger partial charge on any atom is 0.251 e. The fourth-order valence-electron chi connectivity index (χ4n) is 3.63.